The second kappa shape index (κ2) is 9.81. The van der Waals surface area contributed by atoms with E-state index in [9.17, 15) is 0 Å². The predicted octanol–water partition coefficient (Wildman–Crippen LogP) is -2.96. The molecule has 2 rings (SSSR count). The van der Waals surface area contributed by atoms with E-state index >= 15 is 0 Å². The zero-order chi connectivity index (χ0) is 12.9. The molecule has 2 aliphatic heterocycles. The van der Waals surface area contributed by atoms with E-state index in [1.807, 2.05) is 0 Å². The molecule has 4 heteroatoms. The Morgan fingerprint density at radius 3 is 1.15 bits per heavy atom. The number of unbranched alkanes of at least 4 members (excludes halogenated alkanes) is 1. The van der Waals surface area contributed by atoms with Crippen molar-refractivity contribution in [2.24, 2.45) is 0 Å². The number of quaternary nitrogens is 2. The SMILES string of the molecule is C[N+]1(CCCC[N+]2(C)CCCCC2)CCCCC1.[Br-].[Br-]. The fraction of sp³-hybridized carbons (Fsp3) is 1.00. The molecule has 2 saturated heterocycles. The molecule has 2 heterocycles. The summed E-state index contributed by atoms with van der Waals surface area (Å²) in [7, 11) is 4.96. The van der Waals surface area contributed by atoms with Gasteiger partial charge in [0.15, 0.2) is 0 Å². The Balaban J connectivity index is 0.00000180. The molecule has 0 amide bonds. The average Bonchev–Trinajstić information content (AvgIpc) is 2.37. The fourth-order valence-electron chi connectivity index (χ4n) is 3.99. The number of hydrogen-bond acceptors (Lipinski definition) is 0. The highest BCUT2D eigenvalue weighted by atomic mass is 79.9. The molecule has 0 aromatic rings. The van der Waals surface area contributed by atoms with Crippen LogP contribution in [0.1, 0.15) is 51.4 Å². The molecule has 20 heavy (non-hydrogen) atoms. The molecule has 0 unspecified atom stereocenters. The lowest BCUT2D eigenvalue weighted by Crippen LogP contribution is -3.00. The van der Waals surface area contributed by atoms with Crippen LogP contribution in [-0.4, -0.2) is 62.3 Å². The highest BCUT2D eigenvalue weighted by Crippen LogP contribution is 2.19. The van der Waals surface area contributed by atoms with Crippen molar-refractivity contribution in [1.82, 2.24) is 0 Å². The number of piperidine rings is 2. The molecule has 122 valence electrons. The van der Waals surface area contributed by atoms with Crippen molar-refractivity contribution in [3.8, 4) is 0 Å². The van der Waals surface area contributed by atoms with Gasteiger partial charge >= 0.3 is 0 Å². The van der Waals surface area contributed by atoms with Crippen LogP contribution in [-0.2, 0) is 0 Å². The van der Waals surface area contributed by atoms with E-state index in [2.05, 4.69) is 14.1 Å². The fourth-order valence-corrected chi connectivity index (χ4v) is 3.99. The van der Waals surface area contributed by atoms with Crippen LogP contribution in [0.4, 0.5) is 0 Å². The Bertz CT molecular complexity index is 221. The lowest BCUT2D eigenvalue weighted by molar-refractivity contribution is -0.920. The first-order valence-electron chi connectivity index (χ1n) is 8.29. The van der Waals surface area contributed by atoms with Gasteiger partial charge in [0.05, 0.1) is 53.4 Å². The zero-order valence-corrected chi connectivity index (χ0v) is 16.7. The summed E-state index contributed by atoms with van der Waals surface area (Å²) in [4.78, 5) is 0. The van der Waals surface area contributed by atoms with Crippen molar-refractivity contribution in [1.29, 1.82) is 0 Å². The molecular weight excluding hydrogens is 380 g/mol. The van der Waals surface area contributed by atoms with E-state index in [4.69, 9.17) is 0 Å². The van der Waals surface area contributed by atoms with Gasteiger partial charge < -0.3 is 42.9 Å². The average molecular weight is 414 g/mol. The molecule has 0 aromatic carbocycles. The molecular formula is C16H34Br2N2. The monoisotopic (exact) mass is 412 g/mol. The predicted molar refractivity (Wildman–Crippen MR) is 78.5 cm³/mol. The van der Waals surface area contributed by atoms with Gasteiger partial charge in [-0.05, 0) is 38.5 Å². The Hall–Kier alpha value is 0.880. The van der Waals surface area contributed by atoms with E-state index in [1.54, 1.807) is 0 Å². The summed E-state index contributed by atoms with van der Waals surface area (Å²) in [6.07, 6.45) is 11.7. The summed E-state index contributed by atoms with van der Waals surface area (Å²) >= 11 is 0. The van der Waals surface area contributed by atoms with Crippen LogP contribution < -0.4 is 34.0 Å². The minimum absolute atomic E-state index is 0. The third-order valence-corrected chi connectivity index (χ3v) is 5.44. The molecule has 2 nitrogen and oxygen atoms in total. The lowest BCUT2D eigenvalue weighted by Gasteiger charge is -2.39. The van der Waals surface area contributed by atoms with Crippen molar-refractivity contribution < 1.29 is 42.9 Å². The normalized spacial score (nSPS) is 24.3. The van der Waals surface area contributed by atoms with Crippen LogP contribution in [0.25, 0.3) is 0 Å². The largest absolute Gasteiger partial charge is 1.00 e. The van der Waals surface area contributed by atoms with Crippen molar-refractivity contribution in [3.63, 3.8) is 0 Å². The van der Waals surface area contributed by atoms with Crippen LogP contribution in [0.15, 0.2) is 0 Å². The first-order chi connectivity index (χ1) is 8.62. The van der Waals surface area contributed by atoms with Gasteiger partial charge in [-0.25, -0.2) is 0 Å². The second-order valence-corrected chi connectivity index (χ2v) is 7.41. The minimum Gasteiger partial charge on any atom is -1.00 e. The van der Waals surface area contributed by atoms with Crippen molar-refractivity contribution in [3.05, 3.63) is 0 Å². The van der Waals surface area contributed by atoms with Crippen LogP contribution in [0.5, 0.6) is 0 Å². The highest BCUT2D eigenvalue weighted by molar-refractivity contribution is 4.54. The third kappa shape index (κ3) is 6.76. The van der Waals surface area contributed by atoms with Gasteiger partial charge in [0.1, 0.15) is 0 Å². The Kier molecular flexibility index (Phi) is 10.2. The van der Waals surface area contributed by atoms with Gasteiger partial charge in [-0.1, -0.05) is 0 Å². The van der Waals surface area contributed by atoms with Crippen molar-refractivity contribution >= 4 is 0 Å². The number of nitrogens with zero attached hydrogens (tertiary/aromatic N) is 2. The van der Waals surface area contributed by atoms with Gasteiger partial charge in [0.2, 0.25) is 0 Å². The summed E-state index contributed by atoms with van der Waals surface area (Å²) in [5.41, 5.74) is 0. The Morgan fingerprint density at radius 2 is 0.850 bits per heavy atom. The van der Waals surface area contributed by atoms with Crippen LogP contribution in [0.2, 0.25) is 0 Å². The first-order valence-corrected chi connectivity index (χ1v) is 8.29. The smallest absolute Gasteiger partial charge is 0.0786 e. The standard InChI is InChI=1S/C16H34N2.2BrH/c1-17(11-5-3-6-12-17)15-9-10-16-18(2)13-7-4-8-14-18;;/h3-16H2,1-2H3;2*1H/q+2;;/p-2. The maximum atomic E-state index is 2.48. The van der Waals surface area contributed by atoms with Crippen LogP contribution in [0, 0.1) is 0 Å². The summed E-state index contributed by atoms with van der Waals surface area (Å²) in [6.45, 7) is 8.61. The van der Waals surface area contributed by atoms with E-state index in [1.165, 1.54) is 99.6 Å². The summed E-state index contributed by atoms with van der Waals surface area (Å²) in [6, 6.07) is 0. The number of hydrogen-bond donors (Lipinski definition) is 0. The third-order valence-electron chi connectivity index (χ3n) is 5.44. The van der Waals surface area contributed by atoms with Crippen LogP contribution >= 0.6 is 0 Å². The minimum atomic E-state index is 0. The molecule has 0 saturated carbocycles. The molecule has 0 radical (unpaired) electrons. The molecule has 0 atom stereocenters. The summed E-state index contributed by atoms with van der Waals surface area (Å²) in [5.74, 6) is 0. The maximum absolute atomic E-state index is 2.48. The molecule has 0 aromatic heterocycles. The quantitative estimate of drug-likeness (QED) is 0.333. The van der Waals surface area contributed by atoms with Gasteiger partial charge in [-0.15, -0.1) is 0 Å². The number of halogens is 2. The molecule has 2 fully saturated rings. The number of likely N-dealkylation sites (tertiary alicyclic amines) is 2. The van der Waals surface area contributed by atoms with Gasteiger partial charge in [0.25, 0.3) is 0 Å². The molecule has 0 spiro atoms. The van der Waals surface area contributed by atoms with Crippen molar-refractivity contribution in [2.45, 2.75) is 51.4 Å². The Labute approximate surface area is 147 Å². The zero-order valence-electron chi connectivity index (χ0n) is 13.5. The summed E-state index contributed by atoms with van der Waals surface area (Å²) < 4.78 is 2.73. The van der Waals surface area contributed by atoms with Gasteiger partial charge in [-0.3, -0.25) is 0 Å². The van der Waals surface area contributed by atoms with E-state index < -0.39 is 0 Å². The maximum Gasteiger partial charge on any atom is 0.0786 e. The van der Waals surface area contributed by atoms with Crippen molar-refractivity contribution in [2.75, 3.05) is 53.4 Å². The second-order valence-electron chi connectivity index (χ2n) is 7.41. The molecule has 0 aliphatic carbocycles. The lowest BCUT2D eigenvalue weighted by atomic mass is 10.1. The first kappa shape index (κ1) is 20.9. The van der Waals surface area contributed by atoms with Gasteiger partial charge in [0, 0.05) is 12.8 Å². The van der Waals surface area contributed by atoms with Gasteiger partial charge in [-0.2, -0.15) is 0 Å². The number of rotatable bonds is 5. The van der Waals surface area contributed by atoms with Crippen LogP contribution in [0.3, 0.4) is 0 Å². The van der Waals surface area contributed by atoms with E-state index in [-0.39, 0.29) is 34.0 Å². The Morgan fingerprint density at radius 1 is 0.550 bits per heavy atom. The summed E-state index contributed by atoms with van der Waals surface area (Å²) in [5, 5.41) is 0. The molecule has 0 N–H and O–H groups in total. The van der Waals surface area contributed by atoms with E-state index in [0.29, 0.717) is 0 Å². The van der Waals surface area contributed by atoms with E-state index in [0.717, 1.165) is 0 Å². The topological polar surface area (TPSA) is 0 Å². The molecule has 2 aliphatic rings. The molecule has 0 bridgehead atoms. The highest BCUT2D eigenvalue weighted by Gasteiger charge is 2.26.